The molecule has 2 fully saturated rings. The predicted octanol–water partition coefficient (Wildman–Crippen LogP) is 5.11. The van der Waals surface area contributed by atoms with E-state index in [0.717, 1.165) is 11.1 Å². The van der Waals surface area contributed by atoms with Crippen LogP contribution in [0.5, 0.6) is 5.75 Å². The van der Waals surface area contributed by atoms with E-state index in [9.17, 15) is 35.9 Å². The average molecular weight is 494 g/mol. The minimum Gasteiger partial charge on any atom is -0.497 e. The molecule has 11 heteroatoms. The number of methoxy groups -OCH3 is 1. The summed E-state index contributed by atoms with van der Waals surface area (Å²) in [4.78, 5) is 23.2. The van der Waals surface area contributed by atoms with Crippen molar-refractivity contribution in [3.8, 4) is 5.75 Å². The minimum absolute atomic E-state index is 0.0452. The van der Waals surface area contributed by atoms with Crippen molar-refractivity contribution >= 4 is 11.9 Å². The Bertz CT molecular complexity index is 974. The lowest BCUT2D eigenvalue weighted by Gasteiger charge is -2.50. The molecule has 1 aromatic rings. The topological polar surface area (TPSA) is 61.8 Å². The number of aryl methyl sites for hydroxylation is 1. The van der Waals surface area contributed by atoms with Gasteiger partial charge in [0.15, 0.2) is 0 Å². The molecule has 0 aromatic heterocycles. The van der Waals surface area contributed by atoms with E-state index in [1.165, 1.54) is 0 Å². The van der Waals surface area contributed by atoms with E-state index in [0.29, 0.717) is 31.4 Å². The van der Waals surface area contributed by atoms with Crippen LogP contribution in [0.15, 0.2) is 18.2 Å². The Kier molecular flexibility index (Phi) is 6.05. The molecule has 6 atom stereocenters. The van der Waals surface area contributed by atoms with Gasteiger partial charge in [-0.2, -0.15) is 26.3 Å². The molecule has 0 N–H and O–H groups in total. The van der Waals surface area contributed by atoms with Gasteiger partial charge in [-0.15, -0.1) is 0 Å². The van der Waals surface area contributed by atoms with Crippen LogP contribution in [0.1, 0.15) is 49.7 Å². The van der Waals surface area contributed by atoms with Crippen molar-refractivity contribution in [1.82, 2.24) is 0 Å². The van der Waals surface area contributed by atoms with E-state index in [2.05, 4.69) is 4.74 Å². The fourth-order valence-electron chi connectivity index (χ4n) is 6.34. The zero-order valence-electron chi connectivity index (χ0n) is 18.5. The maximum atomic E-state index is 13.0. The van der Waals surface area contributed by atoms with E-state index >= 15 is 0 Å². The molecule has 0 amide bonds. The molecule has 5 nitrogen and oxygen atoms in total. The zero-order valence-corrected chi connectivity index (χ0v) is 18.5. The summed E-state index contributed by atoms with van der Waals surface area (Å²) in [7, 11) is 1.56. The molecule has 0 aliphatic heterocycles. The summed E-state index contributed by atoms with van der Waals surface area (Å²) in [5, 5.41) is 0. The Balaban J connectivity index is 1.65. The van der Waals surface area contributed by atoms with E-state index in [4.69, 9.17) is 9.47 Å². The van der Waals surface area contributed by atoms with E-state index in [1.807, 2.05) is 18.2 Å². The number of carbonyl (C=O) groups excluding carboxylic acids is 2. The van der Waals surface area contributed by atoms with Crippen LogP contribution in [0, 0.1) is 17.3 Å². The normalized spacial score (nSPS) is 32.8. The Morgan fingerprint density at radius 1 is 1.00 bits per heavy atom. The molecular formula is C23H24F6O5. The number of rotatable bonds is 3. The highest BCUT2D eigenvalue weighted by atomic mass is 19.4. The maximum absolute atomic E-state index is 13.0. The predicted molar refractivity (Wildman–Crippen MR) is 105 cm³/mol. The molecular weight excluding hydrogens is 470 g/mol. The smallest absolute Gasteiger partial charge is 0.490 e. The first kappa shape index (κ1) is 24.7. The molecule has 0 spiro atoms. The highest BCUT2D eigenvalue weighted by Gasteiger charge is 2.63. The molecule has 4 rings (SSSR count). The number of hydrogen-bond acceptors (Lipinski definition) is 5. The van der Waals surface area contributed by atoms with Gasteiger partial charge in [0.2, 0.25) is 0 Å². The highest BCUT2D eigenvalue weighted by molar-refractivity contribution is 5.77. The number of halogens is 6. The molecule has 0 heterocycles. The SMILES string of the molecule is COc1ccc2c(c1)CCC1C2CCC2(C)C1CC(OC(=O)C(F)(F)F)C2OC(=O)C(F)(F)F. The second-order valence-electron chi connectivity index (χ2n) is 9.53. The van der Waals surface area contributed by atoms with Gasteiger partial charge < -0.3 is 14.2 Å². The monoisotopic (exact) mass is 494 g/mol. The third kappa shape index (κ3) is 4.22. The van der Waals surface area contributed by atoms with E-state index < -0.39 is 47.8 Å². The lowest BCUT2D eigenvalue weighted by atomic mass is 9.55. The lowest BCUT2D eigenvalue weighted by molar-refractivity contribution is -0.225. The van der Waals surface area contributed by atoms with Crippen molar-refractivity contribution in [1.29, 1.82) is 0 Å². The number of esters is 2. The fraction of sp³-hybridized carbons (Fsp3) is 0.652. The van der Waals surface area contributed by atoms with E-state index in [-0.39, 0.29) is 18.3 Å². The number of fused-ring (bicyclic) bond motifs is 5. The Morgan fingerprint density at radius 3 is 2.26 bits per heavy atom. The van der Waals surface area contributed by atoms with Crippen LogP contribution in [0.4, 0.5) is 26.3 Å². The maximum Gasteiger partial charge on any atom is 0.490 e. The van der Waals surface area contributed by atoms with Crippen LogP contribution < -0.4 is 4.74 Å². The quantitative estimate of drug-likeness (QED) is 0.432. The summed E-state index contributed by atoms with van der Waals surface area (Å²) in [6.07, 6.45) is -11.8. The fourth-order valence-corrected chi connectivity index (χ4v) is 6.34. The van der Waals surface area contributed by atoms with Crippen molar-refractivity contribution in [2.24, 2.45) is 17.3 Å². The van der Waals surface area contributed by atoms with Gasteiger partial charge in [0.25, 0.3) is 0 Å². The van der Waals surface area contributed by atoms with Crippen molar-refractivity contribution in [2.45, 2.75) is 69.5 Å². The zero-order chi connectivity index (χ0) is 25.1. The Morgan fingerprint density at radius 2 is 1.65 bits per heavy atom. The molecule has 6 unspecified atom stereocenters. The first-order valence-electron chi connectivity index (χ1n) is 11.0. The largest absolute Gasteiger partial charge is 0.497 e. The van der Waals surface area contributed by atoms with Crippen LogP contribution >= 0.6 is 0 Å². The summed E-state index contributed by atoms with van der Waals surface area (Å²) in [6.45, 7) is 1.62. The second kappa shape index (κ2) is 8.34. The standard InChI is InChI=1S/C23H24F6O5/c1-21-8-7-14-13-6-4-12(32-2)9-11(13)3-5-15(14)16(21)10-17(33-19(30)22(24,25)26)18(21)34-20(31)23(27,28)29/h4,6,9,14-18H,3,5,7-8,10H2,1-2H3. The molecule has 2 saturated carbocycles. The summed E-state index contributed by atoms with van der Waals surface area (Å²) in [5.74, 6) is -4.72. The minimum atomic E-state index is -5.33. The second-order valence-corrected chi connectivity index (χ2v) is 9.53. The van der Waals surface area contributed by atoms with Gasteiger partial charge in [-0.05, 0) is 73.1 Å². The van der Waals surface area contributed by atoms with Crippen molar-refractivity contribution < 1.29 is 50.1 Å². The van der Waals surface area contributed by atoms with Crippen LogP contribution in [0.3, 0.4) is 0 Å². The Hall–Kier alpha value is -2.46. The first-order valence-corrected chi connectivity index (χ1v) is 11.0. The number of hydrogen-bond donors (Lipinski definition) is 0. The van der Waals surface area contributed by atoms with E-state index in [1.54, 1.807) is 14.0 Å². The van der Waals surface area contributed by atoms with Gasteiger partial charge >= 0.3 is 24.3 Å². The molecule has 3 aliphatic carbocycles. The lowest BCUT2D eigenvalue weighted by Crippen LogP contribution is -2.48. The van der Waals surface area contributed by atoms with Crippen molar-refractivity contribution in [3.05, 3.63) is 29.3 Å². The molecule has 34 heavy (non-hydrogen) atoms. The van der Waals surface area contributed by atoms with Crippen LogP contribution in [0.25, 0.3) is 0 Å². The van der Waals surface area contributed by atoms with Crippen LogP contribution in [0.2, 0.25) is 0 Å². The number of alkyl halides is 6. The number of benzene rings is 1. The number of ether oxygens (including phenoxy) is 3. The molecule has 0 radical (unpaired) electrons. The average Bonchev–Trinajstić information content (AvgIpc) is 3.03. The van der Waals surface area contributed by atoms with Gasteiger partial charge in [0.05, 0.1) is 7.11 Å². The van der Waals surface area contributed by atoms with Gasteiger partial charge in [-0.3, -0.25) is 0 Å². The highest BCUT2D eigenvalue weighted by Crippen LogP contribution is 2.62. The van der Waals surface area contributed by atoms with Gasteiger partial charge in [-0.1, -0.05) is 13.0 Å². The number of carbonyl (C=O) groups is 2. The summed E-state index contributed by atoms with van der Waals surface area (Å²) < 4.78 is 92.1. The molecule has 0 saturated heterocycles. The first-order chi connectivity index (χ1) is 15.8. The Labute approximate surface area is 191 Å². The van der Waals surface area contributed by atoms with Gasteiger partial charge in [0.1, 0.15) is 18.0 Å². The van der Waals surface area contributed by atoms with Gasteiger partial charge in [0, 0.05) is 5.41 Å². The van der Waals surface area contributed by atoms with Crippen LogP contribution in [-0.2, 0) is 25.5 Å². The molecule has 188 valence electrons. The van der Waals surface area contributed by atoms with Crippen molar-refractivity contribution in [2.75, 3.05) is 7.11 Å². The molecule has 1 aromatic carbocycles. The van der Waals surface area contributed by atoms with Gasteiger partial charge in [-0.25, -0.2) is 9.59 Å². The molecule has 3 aliphatic rings. The third-order valence-corrected chi connectivity index (χ3v) is 7.80. The summed E-state index contributed by atoms with van der Waals surface area (Å²) in [6, 6.07) is 5.71. The van der Waals surface area contributed by atoms with Crippen molar-refractivity contribution in [3.63, 3.8) is 0 Å². The molecule has 0 bridgehead atoms. The van der Waals surface area contributed by atoms with Crippen LogP contribution in [-0.4, -0.2) is 43.6 Å². The summed E-state index contributed by atoms with van der Waals surface area (Å²) in [5.41, 5.74) is 1.11. The third-order valence-electron chi connectivity index (χ3n) is 7.80. The summed E-state index contributed by atoms with van der Waals surface area (Å²) >= 11 is 0.